The fourth-order valence-corrected chi connectivity index (χ4v) is 2.73. The predicted molar refractivity (Wildman–Crippen MR) is 91.6 cm³/mol. The van der Waals surface area contributed by atoms with E-state index in [1.165, 1.54) is 5.56 Å². The number of hydrogen-bond donors (Lipinski definition) is 2. The van der Waals surface area contributed by atoms with Crippen LogP contribution in [-0.2, 0) is 4.74 Å². The Morgan fingerprint density at radius 1 is 1.30 bits per heavy atom. The second-order valence-electron chi connectivity index (χ2n) is 5.14. The van der Waals surface area contributed by atoms with Crippen LogP contribution >= 0.6 is 24.0 Å². The summed E-state index contributed by atoms with van der Waals surface area (Å²) in [5.74, 6) is 1.47. The largest absolute Gasteiger partial charge is 0.373 e. The molecular formula is C15H22IN3O. The number of nitrogens with one attached hydrogen (secondary N) is 2. The molecule has 2 N–H and O–H groups in total. The van der Waals surface area contributed by atoms with Gasteiger partial charge in [0.25, 0.3) is 0 Å². The number of benzene rings is 1. The van der Waals surface area contributed by atoms with E-state index in [1.54, 1.807) is 0 Å². The third-order valence-electron chi connectivity index (χ3n) is 3.77. The van der Waals surface area contributed by atoms with Crippen LogP contribution in [0.2, 0.25) is 0 Å². The van der Waals surface area contributed by atoms with Crippen LogP contribution in [0, 0.1) is 5.92 Å². The maximum Gasteiger partial charge on any atom is 0.191 e. The summed E-state index contributed by atoms with van der Waals surface area (Å²) in [6, 6.07) is 10.5. The normalized spacial score (nSPS) is 25.3. The van der Waals surface area contributed by atoms with E-state index < -0.39 is 0 Å². The van der Waals surface area contributed by atoms with Crippen molar-refractivity contribution < 1.29 is 4.74 Å². The number of nitrogens with zero attached hydrogens (tertiary/aromatic N) is 1. The molecule has 2 aliphatic heterocycles. The summed E-state index contributed by atoms with van der Waals surface area (Å²) < 4.78 is 5.89. The van der Waals surface area contributed by atoms with Crippen molar-refractivity contribution in [3.8, 4) is 0 Å². The van der Waals surface area contributed by atoms with Gasteiger partial charge in [-0.05, 0) is 18.4 Å². The van der Waals surface area contributed by atoms with Crippen LogP contribution in [0.3, 0.4) is 0 Å². The van der Waals surface area contributed by atoms with Crippen LogP contribution in [-0.4, -0.2) is 32.2 Å². The molecule has 0 spiro atoms. The van der Waals surface area contributed by atoms with Crippen molar-refractivity contribution in [3.63, 3.8) is 0 Å². The minimum absolute atomic E-state index is 0. The van der Waals surface area contributed by atoms with Crippen molar-refractivity contribution in [2.75, 3.05) is 26.2 Å². The number of guanidine groups is 1. The first kappa shape index (κ1) is 15.6. The minimum atomic E-state index is 0. The molecule has 20 heavy (non-hydrogen) atoms. The monoisotopic (exact) mass is 387 g/mol. The minimum Gasteiger partial charge on any atom is -0.373 e. The van der Waals surface area contributed by atoms with E-state index in [4.69, 9.17) is 4.74 Å². The highest BCUT2D eigenvalue weighted by atomic mass is 127. The van der Waals surface area contributed by atoms with E-state index in [2.05, 4.69) is 39.9 Å². The van der Waals surface area contributed by atoms with Gasteiger partial charge in [-0.15, -0.1) is 24.0 Å². The highest BCUT2D eigenvalue weighted by molar-refractivity contribution is 14.0. The SMILES string of the molecule is I.c1ccc([C@@H]2OCC[C@H]2CNC2=NCCCN2)cc1. The molecule has 2 atom stereocenters. The summed E-state index contributed by atoms with van der Waals surface area (Å²) in [4.78, 5) is 4.44. The zero-order chi connectivity index (χ0) is 12.9. The average Bonchev–Trinajstić information content (AvgIpc) is 2.95. The molecule has 110 valence electrons. The van der Waals surface area contributed by atoms with Gasteiger partial charge in [0.05, 0.1) is 6.10 Å². The maximum atomic E-state index is 5.89. The summed E-state index contributed by atoms with van der Waals surface area (Å²) in [6.07, 6.45) is 2.46. The van der Waals surface area contributed by atoms with E-state index in [1.807, 2.05) is 6.07 Å². The van der Waals surface area contributed by atoms with Crippen molar-refractivity contribution in [1.29, 1.82) is 0 Å². The van der Waals surface area contributed by atoms with Crippen LogP contribution in [0.1, 0.15) is 24.5 Å². The first-order valence-corrected chi connectivity index (χ1v) is 7.12. The van der Waals surface area contributed by atoms with Gasteiger partial charge < -0.3 is 15.4 Å². The van der Waals surface area contributed by atoms with Gasteiger partial charge in [0.2, 0.25) is 0 Å². The number of aliphatic imine (C=N–C) groups is 1. The summed E-state index contributed by atoms with van der Waals surface area (Å²) in [6.45, 7) is 3.73. The Balaban J connectivity index is 0.00000147. The molecule has 0 aliphatic carbocycles. The predicted octanol–water partition coefficient (Wildman–Crippen LogP) is 2.32. The highest BCUT2D eigenvalue weighted by Gasteiger charge is 2.29. The van der Waals surface area contributed by atoms with Crippen molar-refractivity contribution in [2.45, 2.75) is 18.9 Å². The smallest absolute Gasteiger partial charge is 0.191 e. The van der Waals surface area contributed by atoms with E-state index in [0.29, 0.717) is 5.92 Å². The number of ether oxygens (including phenoxy) is 1. The van der Waals surface area contributed by atoms with Crippen LogP contribution in [0.5, 0.6) is 0 Å². The fraction of sp³-hybridized carbons (Fsp3) is 0.533. The number of halogens is 1. The molecule has 1 saturated heterocycles. The number of hydrogen-bond acceptors (Lipinski definition) is 4. The average molecular weight is 387 g/mol. The van der Waals surface area contributed by atoms with Gasteiger partial charge in [0, 0.05) is 32.2 Å². The zero-order valence-corrected chi connectivity index (χ0v) is 13.9. The Morgan fingerprint density at radius 2 is 2.15 bits per heavy atom. The van der Waals surface area contributed by atoms with Crippen LogP contribution in [0.4, 0.5) is 0 Å². The lowest BCUT2D eigenvalue weighted by Gasteiger charge is -2.22. The molecule has 0 radical (unpaired) electrons. The van der Waals surface area contributed by atoms with Gasteiger partial charge in [-0.3, -0.25) is 4.99 Å². The van der Waals surface area contributed by atoms with E-state index in [-0.39, 0.29) is 30.1 Å². The Hall–Kier alpha value is -0.820. The third kappa shape index (κ3) is 3.85. The molecular weight excluding hydrogens is 365 g/mol. The molecule has 0 aromatic heterocycles. The standard InChI is InChI=1S/C15H21N3O.HI/c1-2-5-12(6-3-1)14-13(7-10-19-14)11-18-15-16-8-4-9-17-15;/h1-3,5-6,13-14H,4,7-11H2,(H2,16,17,18);1H/t13-,14-;/m0./s1. The first-order chi connectivity index (χ1) is 9.43. The third-order valence-corrected chi connectivity index (χ3v) is 3.77. The molecule has 1 fully saturated rings. The molecule has 1 aromatic rings. The van der Waals surface area contributed by atoms with E-state index in [9.17, 15) is 0 Å². The zero-order valence-electron chi connectivity index (χ0n) is 11.5. The topological polar surface area (TPSA) is 45.6 Å². The fourth-order valence-electron chi connectivity index (χ4n) is 2.73. The second-order valence-corrected chi connectivity index (χ2v) is 5.14. The molecule has 1 aromatic carbocycles. The van der Waals surface area contributed by atoms with Gasteiger partial charge in [0.1, 0.15) is 0 Å². The van der Waals surface area contributed by atoms with Crippen molar-refractivity contribution in [3.05, 3.63) is 35.9 Å². The lowest BCUT2D eigenvalue weighted by atomic mass is 9.95. The molecule has 0 unspecified atom stereocenters. The lowest BCUT2D eigenvalue weighted by Crippen LogP contribution is -2.42. The van der Waals surface area contributed by atoms with Crippen molar-refractivity contribution in [2.24, 2.45) is 10.9 Å². The van der Waals surface area contributed by atoms with Gasteiger partial charge in [-0.1, -0.05) is 30.3 Å². The highest BCUT2D eigenvalue weighted by Crippen LogP contribution is 2.33. The molecule has 0 saturated carbocycles. The quantitative estimate of drug-likeness (QED) is 0.783. The second kappa shape index (κ2) is 7.83. The van der Waals surface area contributed by atoms with Gasteiger partial charge in [-0.2, -0.15) is 0 Å². The Labute approximate surface area is 137 Å². The summed E-state index contributed by atoms with van der Waals surface area (Å²) >= 11 is 0. The van der Waals surface area contributed by atoms with Gasteiger partial charge >= 0.3 is 0 Å². The summed E-state index contributed by atoms with van der Waals surface area (Å²) in [5, 5.41) is 6.72. The van der Waals surface area contributed by atoms with Crippen LogP contribution in [0.25, 0.3) is 0 Å². The molecule has 2 aliphatic rings. The first-order valence-electron chi connectivity index (χ1n) is 7.12. The Kier molecular flexibility index (Phi) is 6.09. The molecule has 2 heterocycles. The molecule has 3 rings (SSSR count). The van der Waals surface area contributed by atoms with Crippen LogP contribution in [0.15, 0.2) is 35.3 Å². The van der Waals surface area contributed by atoms with Gasteiger partial charge in [0.15, 0.2) is 5.96 Å². The molecule has 4 nitrogen and oxygen atoms in total. The number of rotatable bonds is 3. The molecule has 5 heteroatoms. The van der Waals surface area contributed by atoms with Crippen LogP contribution < -0.4 is 10.6 Å². The lowest BCUT2D eigenvalue weighted by molar-refractivity contribution is 0.0915. The summed E-state index contributed by atoms with van der Waals surface area (Å²) in [7, 11) is 0. The molecule has 0 amide bonds. The Morgan fingerprint density at radius 3 is 2.90 bits per heavy atom. The van der Waals surface area contributed by atoms with E-state index >= 15 is 0 Å². The molecule has 0 bridgehead atoms. The van der Waals surface area contributed by atoms with Crippen molar-refractivity contribution in [1.82, 2.24) is 10.6 Å². The van der Waals surface area contributed by atoms with Gasteiger partial charge in [-0.25, -0.2) is 0 Å². The van der Waals surface area contributed by atoms with E-state index in [0.717, 1.165) is 45.0 Å². The van der Waals surface area contributed by atoms with Crippen molar-refractivity contribution >= 4 is 29.9 Å². The summed E-state index contributed by atoms with van der Waals surface area (Å²) in [5.41, 5.74) is 1.28. The Bertz CT molecular complexity index is 438. The maximum absolute atomic E-state index is 5.89.